The van der Waals surface area contributed by atoms with E-state index in [2.05, 4.69) is 46.9 Å². The van der Waals surface area contributed by atoms with Crippen LogP contribution in [0.4, 0.5) is 5.95 Å². The molecule has 4 heteroatoms. The molecule has 1 aliphatic heterocycles. The van der Waals surface area contributed by atoms with Crippen LogP contribution < -0.4 is 9.64 Å². The Bertz CT molecular complexity index is 671. The molecule has 0 bridgehead atoms. The van der Waals surface area contributed by atoms with Gasteiger partial charge in [-0.25, -0.2) is 9.97 Å². The second-order valence-corrected chi connectivity index (χ2v) is 6.50. The number of anilines is 1. The lowest BCUT2D eigenvalue weighted by molar-refractivity contribution is 0.170. The van der Waals surface area contributed by atoms with E-state index >= 15 is 0 Å². The van der Waals surface area contributed by atoms with E-state index in [9.17, 15) is 0 Å². The molecule has 1 aliphatic rings. The SMILES string of the molecule is Cc1cc(C)nc(N2CCC(Oc3ccc(C)c(C)c3)CC2)n1. The summed E-state index contributed by atoms with van der Waals surface area (Å²) in [6, 6.07) is 8.35. The van der Waals surface area contributed by atoms with Crippen LogP contribution in [0.15, 0.2) is 24.3 Å². The predicted molar refractivity (Wildman–Crippen MR) is 93.3 cm³/mol. The summed E-state index contributed by atoms with van der Waals surface area (Å²) in [6.07, 6.45) is 2.28. The van der Waals surface area contributed by atoms with Crippen molar-refractivity contribution in [2.45, 2.75) is 46.6 Å². The van der Waals surface area contributed by atoms with Gasteiger partial charge >= 0.3 is 0 Å². The Morgan fingerprint density at radius 3 is 2.17 bits per heavy atom. The van der Waals surface area contributed by atoms with E-state index in [0.29, 0.717) is 0 Å². The van der Waals surface area contributed by atoms with E-state index < -0.39 is 0 Å². The van der Waals surface area contributed by atoms with Crippen LogP contribution in [0.3, 0.4) is 0 Å². The van der Waals surface area contributed by atoms with Crippen molar-refractivity contribution in [3.63, 3.8) is 0 Å². The zero-order valence-corrected chi connectivity index (χ0v) is 14.5. The third-order valence-corrected chi connectivity index (χ3v) is 4.48. The van der Waals surface area contributed by atoms with Gasteiger partial charge in [0.1, 0.15) is 11.9 Å². The molecule has 0 aliphatic carbocycles. The normalized spacial score (nSPS) is 15.7. The van der Waals surface area contributed by atoms with E-state index in [-0.39, 0.29) is 6.10 Å². The fourth-order valence-corrected chi connectivity index (χ4v) is 3.00. The van der Waals surface area contributed by atoms with Crippen molar-refractivity contribution >= 4 is 5.95 Å². The van der Waals surface area contributed by atoms with Crippen LogP contribution in [-0.4, -0.2) is 29.2 Å². The van der Waals surface area contributed by atoms with Crippen molar-refractivity contribution in [2.24, 2.45) is 0 Å². The van der Waals surface area contributed by atoms with E-state index in [1.807, 2.05) is 19.9 Å². The molecule has 1 fully saturated rings. The predicted octanol–water partition coefficient (Wildman–Crippen LogP) is 3.76. The molecule has 0 saturated carbocycles. The van der Waals surface area contributed by atoms with Gasteiger partial charge in [0, 0.05) is 37.3 Å². The van der Waals surface area contributed by atoms with Gasteiger partial charge in [0.2, 0.25) is 5.95 Å². The quantitative estimate of drug-likeness (QED) is 0.865. The Morgan fingerprint density at radius 2 is 1.57 bits per heavy atom. The zero-order chi connectivity index (χ0) is 16.4. The van der Waals surface area contributed by atoms with Gasteiger partial charge in [-0.3, -0.25) is 0 Å². The first-order chi connectivity index (χ1) is 11.0. The fourth-order valence-electron chi connectivity index (χ4n) is 3.00. The number of aryl methyl sites for hydroxylation is 4. The fraction of sp³-hybridized carbons (Fsp3) is 0.474. The van der Waals surface area contributed by atoms with Crippen LogP contribution in [-0.2, 0) is 0 Å². The first kappa shape index (κ1) is 15.8. The second kappa shape index (κ2) is 6.57. The average Bonchev–Trinajstić information content (AvgIpc) is 2.51. The second-order valence-electron chi connectivity index (χ2n) is 6.50. The molecule has 2 aromatic rings. The topological polar surface area (TPSA) is 38.2 Å². The molecule has 0 spiro atoms. The molecule has 0 unspecified atom stereocenters. The van der Waals surface area contributed by atoms with Gasteiger partial charge in [0.25, 0.3) is 0 Å². The molecule has 23 heavy (non-hydrogen) atoms. The van der Waals surface area contributed by atoms with Gasteiger partial charge < -0.3 is 9.64 Å². The smallest absolute Gasteiger partial charge is 0.225 e. The van der Waals surface area contributed by atoms with Crippen LogP contribution in [0.5, 0.6) is 5.75 Å². The summed E-state index contributed by atoms with van der Waals surface area (Å²) in [5.74, 6) is 1.83. The van der Waals surface area contributed by atoms with Crippen molar-refractivity contribution in [3.05, 3.63) is 46.8 Å². The summed E-state index contributed by atoms with van der Waals surface area (Å²) in [5.41, 5.74) is 4.64. The molecule has 1 aromatic carbocycles. The molecule has 2 heterocycles. The number of ether oxygens (including phenoxy) is 1. The maximum atomic E-state index is 6.16. The number of hydrogen-bond donors (Lipinski definition) is 0. The minimum Gasteiger partial charge on any atom is -0.490 e. The average molecular weight is 311 g/mol. The van der Waals surface area contributed by atoms with Gasteiger partial charge in [0.05, 0.1) is 0 Å². The van der Waals surface area contributed by atoms with E-state index in [1.165, 1.54) is 11.1 Å². The van der Waals surface area contributed by atoms with E-state index in [1.54, 1.807) is 0 Å². The van der Waals surface area contributed by atoms with Crippen LogP contribution >= 0.6 is 0 Å². The third kappa shape index (κ3) is 3.81. The van der Waals surface area contributed by atoms with Crippen molar-refractivity contribution in [3.8, 4) is 5.75 Å². The Morgan fingerprint density at radius 1 is 0.913 bits per heavy atom. The maximum absolute atomic E-state index is 6.16. The van der Waals surface area contributed by atoms with Crippen molar-refractivity contribution in [1.82, 2.24) is 9.97 Å². The molecule has 0 N–H and O–H groups in total. The summed E-state index contributed by atoms with van der Waals surface area (Å²) < 4.78 is 6.16. The monoisotopic (exact) mass is 311 g/mol. The van der Waals surface area contributed by atoms with E-state index in [0.717, 1.165) is 49.0 Å². The van der Waals surface area contributed by atoms with E-state index in [4.69, 9.17) is 4.74 Å². The molecule has 3 rings (SSSR count). The summed E-state index contributed by atoms with van der Waals surface area (Å²) in [5, 5.41) is 0. The molecule has 122 valence electrons. The molecule has 0 atom stereocenters. The van der Waals surface area contributed by atoms with Crippen molar-refractivity contribution < 1.29 is 4.74 Å². The Labute approximate surface area is 138 Å². The number of benzene rings is 1. The highest BCUT2D eigenvalue weighted by Crippen LogP contribution is 2.23. The third-order valence-electron chi connectivity index (χ3n) is 4.48. The van der Waals surface area contributed by atoms with Gasteiger partial charge in [-0.05, 0) is 57.0 Å². The first-order valence-electron chi connectivity index (χ1n) is 8.32. The number of aromatic nitrogens is 2. The Hall–Kier alpha value is -2.10. The summed E-state index contributed by atoms with van der Waals surface area (Å²) in [6.45, 7) is 10.2. The highest BCUT2D eigenvalue weighted by atomic mass is 16.5. The van der Waals surface area contributed by atoms with Gasteiger partial charge in [-0.2, -0.15) is 0 Å². The number of piperidine rings is 1. The molecular formula is C19H25N3O. The highest BCUT2D eigenvalue weighted by molar-refractivity contribution is 5.35. The molecule has 1 saturated heterocycles. The lowest BCUT2D eigenvalue weighted by atomic mass is 10.1. The molecule has 0 amide bonds. The number of rotatable bonds is 3. The van der Waals surface area contributed by atoms with Crippen LogP contribution in [0.25, 0.3) is 0 Å². The van der Waals surface area contributed by atoms with Crippen molar-refractivity contribution in [2.75, 3.05) is 18.0 Å². The number of hydrogen-bond acceptors (Lipinski definition) is 4. The number of nitrogens with zero attached hydrogens (tertiary/aromatic N) is 3. The standard InChI is InChI=1S/C19H25N3O/c1-13-5-6-18(11-14(13)2)23-17-7-9-22(10-8-17)19-20-15(3)12-16(4)21-19/h5-6,11-12,17H,7-10H2,1-4H3. The summed E-state index contributed by atoms with van der Waals surface area (Å²) in [7, 11) is 0. The largest absolute Gasteiger partial charge is 0.490 e. The molecule has 1 aromatic heterocycles. The summed E-state index contributed by atoms with van der Waals surface area (Å²) in [4.78, 5) is 11.4. The minimum absolute atomic E-state index is 0.277. The highest BCUT2D eigenvalue weighted by Gasteiger charge is 2.22. The Kier molecular flexibility index (Phi) is 4.51. The van der Waals surface area contributed by atoms with Crippen LogP contribution in [0.1, 0.15) is 35.4 Å². The maximum Gasteiger partial charge on any atom is 0.225 e. The van der Waals surface area contributed by atoms with Gasteiger partial charge in [0.15, 0.2) is 0 Å². The molecular weight excluding hydrogens is 286 g/mol. The lowest BCUT2D eigenvalue weighted by Crippen LogP contribution is -2.39. The van der Waals surface area contributed by atoms with Gasteiger partial charge in [-0.15, -0.1) is 0 Å². The summed E-state index contributed by atoms with van der Waals surface area (Å²) >= 11 is 0. The first-order valence-corrected chi connectivity index (χ1v) is 8.32. The van der Waals surface area contributed by atoms with Crippen LogP contribution in [0.2, 0.25) is 0 Å². The molecule has 4 nitrogen and oxygen atoms in total. The lowest BCUT2D eigenvalue weighted by Gasteiger charge is -2.32. The minimum atomic E-state index is 0.277. The van der Waals surface area contributed by atoms with Crippen molar-refractivity contribution in [1.29, 1.82) is 0 Å². The Balaban J connectivity index is 1.60. The molecule has 0 radical (unpaired) electrons. The van der Waals surface area contributed by atoms with Gasteiger partial charge in [-0.1, -0.05) is 6.07 Å². The zero-order valence-electron chi connectivity index (χ0n) is 14.5. The van der Waals surface area contributed by atoms with Crippen LogP contribution in [0, 0.1) is 27.7 Å².